The summed E-state index contributed by atoms with van der Waals surface area (Å²) in [5, 5.41) is 5.04. The normalized spacial score (nSPS) is 10.9. The van der Waals surface area contributed by atoms with E-state index in [4.69, 9.17) is 0 Å². The number of benzene rings is 2. The molecule has 4 rings (SSSR count). The van der Waals surface area contributed by atoms with Crippen LogP contribution in [0.4, 0.5) is 0 Å². The van der Waals surface area contributed by atoms with E-state index in [1.165, 1.54) is 11.9 Å². The zero-order valence-corrected chi connectivity index (χ0v) is 13.8. The second-order valence-corrected chi connectivity index (χ2v) is 5.73. The van der Waals surface area contributed by atoms with Crippen LogP contribution in [0.5, 0.6) is 0 Å². The molecule has 5 heteroatoms. The largest absolute Gasteiger partial charge is 0.287 e. The first-order valence-electron chi connectivity index (χ1n) is 8.15. The van der Waals surface area contributed by atoms with Gasteiger partial charge in [-0.1, -0.05) is 49.4 Å². The average molecular weight is 328 g/mol. The number of para-hydroxylation sites is 1. The Morgan fingerprint density at radius 1 is 1.00 bits per heavy atom. The van der Waals surface area contributed by atoms with Crippen molar-refractivity contribution in [2.75, 3.05) is 0 Å². The molecule has 0 fully saturated rings. The van der Waals surface area contributed by atoms with Crippen molar-refractivity contribution in [3.63, 3.8) is 0 Å². The second-order valence-electron chi connectivity index (χ2n) is 5.73. The molecule has 0 saturated carbocycles. The highest BCUT2D eigenvalue weighted by atomic mass is 16.1. The lowest BCUT2D eigenvalue weighted by molar-refractivity contribution is 0.103. The van der Waals surface area contributed by atoms with Gasteiger partial charge >= 0.3 is 0 Å². The number of carbonyl (C=O) groups excluding carboxylic acids is 1. The van der Waals surface area contributed by atoms with Crippen LogP contribution in [0.3, 0.4) is 0 Å². The molecule has 5 nitrogen and oxygen atoms in total. The van der Waals surface area contributed by atoms with Crippen molar-refractivity contribution in [1.82, 2.24) is 19.7 Å². The van der Waals surface area contributed by atoms with Crippen molar-refractivity contribution in [2.45, 2.75) is 13.3 Å². The van der Waals surface area contributed by atoms with E-state index in [0.29, 0.717) is 22.3 Å². The van der Waals surface area contributed by atoms with Crippen molar-refractivity contribution < 1.29 is 4.79 Å². The Morgan fingerprint density at radius 2 is 1.76 bits per heavy atom. The Kier molecular flexibility index (Phi) is 3.82. The molecule has 0 bridgehead atoms. The van der Waals surface area contributed by atoms with Crippen LogP contribution in [0.25, 0.3) is 16.7 Å². The molecule has 0 aliphatic heterocycles. The lowest BCUT2D eigenvalue weighted by atomic mass is 10.0. The first kappa shape index (κ1) is 15.2. The highest BCUT2D eigenvalue weighted by Crippen LogP contribution is 2.20. The standard InChI is InChI=1S/C20H16N4O/c1-2-14-8-10-15(11-9-14)19(25)18-17-12-23-24(20(17)22-13-21-18)16-6-4-3-5-7-16/h3-13H,2H2,1H3. The van der Waals surface area contributed by atoms with Crippen molar-refractivity contribution >= 4 is 16.8 Å². The minimum absolute atomic E-state index is 0.123. The van der Waals surface area contributed by atoms with Gasteiger partial charge in [0.25, 0.3) is 0 Å². The van der Waals surface area contributed by atoms with Crippen LogP contribution in [0.1, 0.15) is 28.5 Å². The number of aryl methyl sites for hydroxylation is 1. The summed E-state index contributed by atoms with van der Waals surface area (Å²) in [7, 11) is 0. The van der Waals surface area contributed by atoms with E-state index in [1.54, 1.807) is 10.9 Å². The maximum absolute atomic E-state index is 12.9. The van der Waals surface area contributed by atoms with Crippen LogP contribution in [0.15, 0.2) is 67.1 Å². The van der Waals surface area contributed by atoms with Crippen molar-refractivity contribution in [3.8, 4) is 5.69 Å². The van der Waals surface area contributed by atoms with Gasteiger partial charge in [0.2, 0.25) is 5.78 Å². The summed E-state index contributed by atoms with van der Waals surface area (Å²) < 4.78 is 1.72. The number of aromatic nitrogens is 4. The first-order valence-corrected chi connectivity index (χ1v) is 8.15. The maximum atomic E-state index is 12.9. The molecule has 0 aliphatic rings. The van der Waals surface area contributed by atoms with E-state index in [2.05, 4.69) is 22.0 Å². The molecule has 2 aromatic heterocycles. The average Bonchev–Trinajstić information content (AvgIpc) is 3.12. The topological polar surface area (TPSA) is 60.7 Å². The molecule has 0 spiro atoms. The molecular formula is C20H16N4O. The number of carbonyl (C=O) groups is 1. The summed E-state index contributed by atoms with van der Waals surface area (Å²) in [6.07, 6.45) is 4.00. The van der Waals surface area contributed by atoms with Gasteiger partial charge in [-0.25, -0.2) is 14.6 Å². The monoisotopic (exact) mass is 328 g/mol. The van der Waals surface area contributed by atoms with E-state index in [-0.39, 0.29) is 5.78 Å². The molecule has 122 valence electrons. The molecule has 0 amide bonds. The Hall–Kier alpha value is -3.34. The van der Waals surface area contributed by atoms with Crippen LogP contribution < -0.4 is 0 Å². The second kappa shape index (κ2) is 6.28. The number of ketones is 1. The van der Waals surface area contributed by atoms with E-state index < -0.39 is 0 Å². The van der Waals surface area contributed by atoms with Gasteiger partial charge in [-0.3, -0.25) is 4.79 Å². The molecule has 25 heavy (non-hydrogen) atoms. The minimum Gasteiger partial charge on any atom is -0.287 e. The number of rotatable bonds is 4. The maximum Gasteiger partial charge on any atom is 0.212 e. The summed E-state index contributed by atoms with van der Waals surface area (Å²) in [5.41, 5.74) is 3.69. The van der Waals surface area contributed by atoms with Gasteiger partial charge in [-0.2, -0.15) is 5.10 Å². The van der Waals surface area contributed by atoms with Gasteiger partial charge in [-0.15, -0.1) is 0 Å². The van der Waals surface area contributed by atoms with Crippen LogP contribution >= 0.6 is 0 Å². The van der Waals surface area contributed by atoms with E-state index >= 15 is 0 Å². The molecule has 2 aromatic carbocycles. The van der Waals surface area contributed by atoms with Crippen LogP contribution in [-0.2, 0) is 6.42 Å². The summed E-state index contributed by atoms with van der Waals surface area (Å²) in [6.45, 7) is 2.09. The summed E-state index contributed by atoms with van der Waals surface area (Å²) >= 11 is 0. The summed E-state index contributed by atoms with van der Waals surface area (Å²) in [6, 6.07) is 17.3. The fourth-order valence-corrected chi connectivity index (χ4v) is 2.81. The molecule has 0 unspecified atom stereocenters. The number of hydrogen-bond acceptors (Lipinski definition) is 4. The van der Waals surface area contributed by atoms with Crippen molar-refractivity contribution in [1.29, 1.82) is 0 Å². The number of hydrogen-bond donors (Lipinski definition) is 0. The third-order valence-corrected chi connectivity index (χ3v) is 4.21. The third-order valence-electron chi connectivity index (χ3n) is 4.21. The van der Waals surface area contributed by atoms with Crippen LogP contribution in [-0.4, -0.2) is 25.5 Å². The van der Waals surface area contributed by atoms with Gasteiger partial charge in [-0.05, 0) is 24.1 Å². The van der Waals surface area contributed by atoms with Gasteiger partial charge in [0, 0.05) is 5.56 Å². The highest BCUT2D eigenvalue weighted by Gasteiger charge is 2.18. The SMILES string of the molecule is CCc1ccc(C(=O)c2ncnc3c2cnn3-c2ccccc2)cc1. The molecule has 0 N–H and O–H groups in total. The van der Waals surface area contributed by atoms with E-state index in [9.17, 15) is 4.79 Å². The smallest absolute Gasteiger partial charge is 0.212 e. The molecule has 0 saturated heterocycles. The van der Waals surface area contributed by atoms with E-state index in [1.807, 2.05) is 54.6 Å². The molecular weight excluding hydrogens is 312 g/mol. The molecule has 0 atom stereocenters. The van der Waals surface area contributed by atoms with Gasteiger partial charge in [0.1, 0.15) is 12.0 Å². The molecule has 2 heterocycles. The van der Waals surface area contributed by atoms with Crippen molar-refractivity contribution in [3.05, 3.63) is 83.9 Å². The summed E-state index contributed by atoms with van der Waals surface area (Å²) in [4.78, 5) is 21.4. The molecule has 0 radical (unpaired) electrons. The predicted octanol–water partition coefficient (Wildman–Crippen LogP) is 3.61. The zero-order valence-electron chi connectivity index (χ0n) is 13.8. The zero-order chi connectivity index (χ0) is 17.2. The lowest BCUT2D eigenvalue weighted by Crippen LogP contribution is -2.06. The number of fused-ring (bicyclic) bond motifs is 1. The Bertz CT molecular complexity index is 1040. The predicted molar refractivity (Wildman–Crippen MR) is 95.9 cm³/mol. The lowest BCUT2D eigenvalue weighted by Gasteiger charge is -2.04. The fourth-order valence-electron chi connectivity index (χ4n) is 2.81. The Balaban J connectivity index is 1.80. The minimum atomic E-state index is -0.123. The Labute approximate surface area is 145 Å². The van der Waals surface area contributed by atoms with Crippen molar-refractivity contribution in [2.24, 2.45) is 0 Å². The van der Waals surface area contributed by atoms with Gasteiger partial charge in [0.15, 0.2) is 5.65 Å². The Morgan fingerprint density at radius 3 is 2.48 bits per heavy atom. The quantitative estimate of drug-likeness (QED) is 0.537. The highest BCUT2D eigenvalue weighted by molar-refractivity contribution is 6.14. The summed E-state index contributed by atoms with van der Waals surface area (Å²) in [5.74, 6) is -0.123. The van der Waals surface area contributed by atoms with Crippen LogP contribution in [0, 0.1) is 0 Å². The molecule has 0 aliphatic carbocycles. The van der Waals surface area contributed by atoms with Gasteiger partial charge < -0.3 is 0 Å². The molecule has 4 aromatic rings. The fraction of sp³-hybridized carbons (Fsp3) is 0.100. The third kappa shape index (κ3) is 2.70. The van der Waals surface area contributed by atoms with Gasteiger partial charge in [0.05, 0.1) is 17.3 Å². The van der Waals surface area contributed by atoms with E-state index in [0.717, 1.165) is 12.1 Å². The number of nitrogens with zero attached hydrogens (tertiary/aromatic N) is 4. The first-order chi connectivity index (χ1) is 12.3. The van der Waals surface area contributed by atoms with Crippen LogP contribution in [0.2, 0.25) is 0 Å².